The number of aromatic nitrogens is 1. The summed E-state index contributed by atoms with van der Waals surface area (Å²) in [7, 11) is -2.79. The molecule has 0 N–H and O–H groups in total. The van der Waals surface area contributed by atoms with E-state index in [4.69, 9.17) is 0 Å². The van der Waals surface area contributed by atoms with Crippen molar-refractivity contribution in [2.75, 3.05) is 0 Å². The number of rotatable bonds is 6. The Kier molecular flexibility index (Phi) is 7.27. The van der Waals surface area contributed by atoms with Crippen molar-refractivity contribution in [2.24, 2.45) is 0 Å². The Morgan fingerprint density at radius 3 is 1.62 bits per heavy atom. The third kappa shape index (κ3) is 4.55. The molecule has 0 fully saturated rings. The summed E-state index contributed by atoms with van der Waals surface area (Å²) in [5.74, 6) is 0. The van der Waals surface area contributed by atoms with Crippen LogP contribution in [0, 0.1) is 22.7 Å². The van der Waals surface area contributed by atoms with E-state index in [-0.39, 0.29) is 0 Å². The van der Waals surface area contributed by atoms with Gasteiger partial charge in [0.2, 0.25) is 0 Å². The van der Waals surface area contributed by atoms with Crippen molar-refractivity contribution in [2.45, 2.75) is 0 Å². The first kappa shape index (κ1) is 29.0. The summed E-state index contributed by atoms with van der Waals surface area (Å²) in [6.07, 6.45) is 0. The van der Waals surface area contributed by atoms with Crippen LogP contribution in [-0.2, 0) is 0 Å². The maximum atomic E-state index is 10.6. The molecule has 8 aromatic rings. The molecule has 1 aromatic heterocycles. The van der Waals surface area contributed by atoms with Crippen LogP contribution >= 0.6 is 0 Å². The van der Waals surface area contributed by atoms with Gasteiger partial charge < -0.3 is 4.57 Å². The Morgan fingerprint density at radius 2 is 1.00 bits per heavy atom. The summed E-state index contributed by atoms with van der Waals surface area (Å²) < 4.78 is 2.24. The van der Waals surface area contributed by atoms with E-state index in [1.807, 2.05) is 42.5 Å². The molecule has 0 saturated heterocycles. The van der Waals surface area contributed by atoms with Crippen LogP contribution in [0.3, 0.4) is 0 Å². The van der Waals surface area contributed by atoms with Crippen LogP contribution in [0.25, 0.3) is 38.6 Å². The van der Waals surface area contributed by atoms with E-state index >= 15 is 0 Å². The van der Waals surface area contributed by atoms with E-state index in [0.29, 0.717) is 11.1 Å². The molecule has 224 valence electrons. The van der Waals surface area contributed by atoms with E-state index in [1.165, 1.54) is 20.7 Å². The van der Waals surface area contributed by atoms with Gasteiger partial charge in [0.15, 0.2) is 8.07 Å². The molecule has 7 aromatic carbocycles. The van der Waals surface area contributed by atoms with Gasteiger partial charge in [-0.2, -0.15) is 10.5 Å². The van der Waals surface area contributed by atoms with Crippen molar-refractivity contribution in [3.63, 3.8) is 0 Å². The van der Waals surface area contributed by atoms with Gasteiger partial charge in [0.25, 0.3) is 0 Å². The molecule has 0 atom stereocenters. The highest BCUT2D eigenvalue weighted by Crippen LogP contribution is 2.38. The summed E-state index contributed by atoms with van der Waals surface area (Å²) in [6, 6.07) is 66.4. The minimum absolute atomic E-state index is 0.607. The number of nitriles is 2. The van der Waals surface area contributed by atoms with Crippen LogP contribution in [-0.4, -0.2) is 12.6 Å². The molecule has 3 nitrogen and oxygen atoms in total. The lowest BCUT2D eigenvalue weighted by Gasteiger charge is -2.34. The fourth-order valence-electron chi connectivity index (χ4n) is 7.40. The third-order valence-corrected chi connectivity index (χ3v) is 14.2. The van der Waals surface area contributed by atoms with Gasteiger partial charge in [0.1, 0.15) is 0 Å². The van der Waals surface area contributed by atoms with Crippen LogP contribution in [0.2, 0.25) is 0 Å². The molecule has 0 radical (unpaired) electrons. The van der Waals surface area contributed by atoms with Gasteiger partial charge in [-0.05, 0) is 62.7 Å². The Morgan fingerprint density at radius 1 is 0.438 bits per heavy atom. The molecular weight excluding hydrogens is 599 g/mol. The smallest absolute Gasteiger partial charge is 0.179 e. The maximum Gasteiger partial charge on any atom is 0.179 e. The zero-order valence-corrected chi connectivity index (χ0v) is 27.1. The monoisotopic (exact) mass is 627 g/mol. The molecule has 48 heavy (non-hydrogen) atoms. The number of hydrogen-bond acceptors (Lipinski definition) is 2. The number of para-hydroxylation sites is 1. The molecule has 0 amide bonds. The van der Waals surface area contributed by atoms with Crippen molar-refractivity contribution in [3.05, 3.63) is 187 Å². The van der Waals surface area contributed by atoms with Crippen LogP contribution in [0.4, 0.5) is 0 Å². The number of nitrogens with zero attached hydrogens (tertiary/aromatic N) is 3. The van der Waals surface area contributed by atoms with E-state index in [0.717, 1.165) is 38.6 Å². The van der Waals surface area contributed by atoms with Gasteiger partial charge in [-0.15, -0.1) is 0 Å². The molecule has 0 aliphatic rings. The first-order valence-electron chi connectivity index (χ1n) is 16.0. The highest BCUT2D eigenvalue weighted by Gasteiger charge is 2.41. The molecular formula is C44H29N3Si. The van der Waals surface area contributed by atoms with Crippen LogP contribution < -0.4 is 20.7 Å². The van der Waals surface area contributed by atoms with Crippen LogP contribution in [0.15, 0.2) is 176 Å². The number of fused-ring (bicyclic) bond motifs is 3. The van der Waals surface area contributed by atoms with Crippen molar-refractivity contribution < 1.29 is 0 Å². The second-order valence-electron chi connectivity index (χ2n) is 11.9. The summed E-state index contributed by atoms with van der Waals surface area (Å²) in [5, 5.41) is 27.5. The van der Waals surface area contributed by atoms with E-state index in [1.54, 1.807) is 0 Å². The lowest BCUT2D eigenvalue weighted by Crippen LogP contribution is -2.74. The SMILES string of the molecule is N#Cc1ccc2c(c1)c1ccccc1n2-c1cccc(C#N)c1-c1cccc([Si](c2ccccc2)(c2ccccc2)c2ccccc2)c1. The zero-order valence-electron chi connectivity index (χ0n) is 26.1. The molecule has 0 aliphatic carbocycles. The molecule has 0 unspecified atom stereocenters. The number of benzene rings is 7. The zero-order chi connectivity index (χ0) is 32.5. The average molecular weight is 628 g/mol. The first-order valence-corrected chi connectivity index (χ1v) is 18.0. The summed E-state index contributed by atoms with van der Waals surface area (Å²) >= 11 is 0. The van der Waals surface area contributed by atoms with Crippen molar-refractivity contribution in [1.82, 2.24) is 4.57 Å². The molecule has 1 heterocycles. The van der Waals surface area contributed by atoms with Gasteiger partial charge in [0.05, 0.1) is 40.0 Å². The Bertz CT molecular complexity index is 2430. The average Bonchev–Trinajstić information content (AvgIpc) is 3.49. The van der Waals surface area contributed by atoms with Gasteiger partial charge in [-0.3, -0.25) is 0 Å². The highest BCUT2D eigenvalue weighted by molar-refractivity contribution is 7.19. The first-order chi connectivity index (χ1) is 23.7. The second kappa shape index (κ2) is 12.0. The molecule has 0 saturated carbocycles. The molecule has 4 heteroatoms. The number of hydrogen-bond donors (Lipinski definition) is 0. The Labute approximate surface area is 280 Å². The quantitative estimate of drug-likeness (QED) is 0.141. The minimum atomic E-state index is -2.79. The van der Waals surface area contributed by atoms with E-state index in [2.05, 4.69) is 150 Å². The Balaban J connectivity index is 1.45. The predicted molar refractivity (Wildman–Crippen MR) is 199 cm³/mol. The van der Waals surface area contributed by atoms with Gasteiger partial charge in [-0.1, -0.05) is 140 Å². The summed E-state index contributed by atoms with van der Waals surface area (Å²) in [4.78, 5) is 0. The normalized spacial score (nSPS) is 11.3. The fraction of sp³-hybridized carbons (Fsp3) is 0. The molecule has 0 aliphatic heterocycles. The lowest BCUT2D eigenvalue weighted by molar-refractivity contribution is 1.18. The minimum Gasteiger partial charge on any atom is -0.309 e. The van der Waals surface area contributed by atoms with Gasteiger partial charge in [-0.25, -0.2) is 0 Å². The molecule has 0 spiro atoms. The molecule has 0 bridgehead atoms. The van der Waals surface area contributed by atoms with E-state index in [9.17, 15) is 10.5 Å². The van der Waals surface area contributed by atoms with Crippen molar-refractivity contribution in [3.8, 4) is 29.0 Å². The topological polar surface area (TPSA) is 52.5 Å². The lowest BCUT2D eigenvalue weighted by atomic mass is 9.98. The van der Waals surface area contributed by atoms with Crippen molar-refractivity contribution in [1.29, 1.82) is 10.5 Å². The third-order valence-electron chi connectivity index (χ3n) is 9.41. The summed E-state index contributed by atoms with van der Waals surface area (Å²) in [6.45, 7) is 0. The van der Waals surface area contributed by atoms with Gasteiger partial charge >= 0.3 is 0 Å². The molecule has 8 rings (SSSR count). The standard InChI is InChI=1S/C44H29N3Si/c45-30-32-26-27-42-40(28-32)39-23-10-11-24-41(39)47(42)43-25-13-15-34(31-46)44(43)33-14-12-22-38(29-33)48(35-16-4-1-5-17-35,36-18-6-2-7-19-36)37-20-8-3-9-21-37/h1-29H. The Hall–Kier alpha value is -6.46. The van der Waals surface area contributed by atoms with E-state index < -0.39 is 8.07 Å². The van der Waals surface area contributed by atoms with Gasteiger partial charge in [0, 0.05) is 16.3 Å². The van der Waals surface area contributed by atoms with Crippen LogP contribution in [0.1, 0.15) is 11.1 Å². The fourth-order valence-corrected chi connectivity index (χ4v) is 12.2. The van der Waals surface area contributed by atoms with Crippen LogP contribution in [0.5, 0.6) is 0 Å². The summed E-state index contributed by atoms with van der Waals surface area (Å²) in [5.41, 5.74) is 6.03. The largest absolute Gasteiger partial charge is 0.309 e. The predicted octanol–water partition coefficient (Wildman–Crippen LogP) is 7.57. The highest BCUT2D eigenvalue weighted by atomic mass is 28.3. The maximum absolute atomic E-state index is 10.6. The second-order valence-corrected chi connectivity index (χ2v) is 15.7. The van der Waals surface area contributed by atoms with Crippen molar-refractivity contribution >= 4 is 50.6 Å².